The van der Waals surface area contributed by atoms with Crippen LogP contribution in [0.15, 0.2) is 45.3 Å². The Morgan fingerprint density at radius 3 is 2.73 bits per heavy atom. The second-order valence-corrected chi connectivity index (χ2v) is 5.97. The van der Waals surface area contributed by atoms with Gasteiger partial charge in [0, 0.05) is 24.7 Å². The third-order valence-electron chi connectivity index (χ3n) is 3.82. The number of benzene rings is 1. The lowest BCUT2D eigenvalue weighted by molar-refractivity contribution is -0.121. The van der Waals surface area contributed by atoms with Gasteiger partial charge in [-0.25, -0.2) is 15.2 Å². The van der Waals surface area contributed by atoms with Crippen LogP contribution in [-0.4, -0.2) is 30.8 Å². The number of halogens is 1. The van der Waals surface area contributed by atoms with E-state index < -0.39 is 17.2 Å². The summed E-state index contributed by atoms with van der Waals surface area (Å²) in [5, 5.41) is 4.37. The van der Waals surface area contributed by atoms with Crippen molar-refractivity contribution in [3.63, 3.8) is 0 Å². The van der Waals surface area contributed by atoms with Gasteiger partial charge in [-0.1, -0.05) is 29.8 Å². The molecule has 0 saturated carbocycles. The van der Waals surface area contributed by atoms with E-state index in [1.165, 1.54) is 35.8 Å². The first-order valence-electron chi connectivity index (χ1n) is 7.57. The normalized spacial score (nSPS) is 11.3. The van der Waals surface area contributed by atoms with Crippen LogP contribution in [0.25, 0.3) is 11.2 Å². The van der Waals surface area contributed by atoms with Crippen LogP contribution < -0.4 is 16.7 Å². The largest absolute Gasteiger partial charge is 0.332 e. The average Bonchev–Trinajstić information content (AvgIpc) is 3.03. The fourth-order valence-electron chi connectivity index (χ4n) is 2.50. The van der Waals surface area contributed by atoms with E-state index in [0.29, 0.717) is 10.6 Å². The van der Waals surface area contributed by atoms with E-state index in [-0.39, 0.29) is 17.7 Å². The zero-order chi connectivity index (χ0) is 18.8. The summed E-state index contributed by atoms with van der Waals surface area (Å²) in [7, 11) is 2.88. The van der Waals surface area contributed by atoms with Gasteiger partial charge in [0.25, 0.3) is 11.5 Å². The predicted molar refractivity (Wildman–Crippen MR) is 97.4 cm³/mol. The van der Waals surface area contributed by atoms with E-state index in [2.05, 4.69) is 15.5 Å². The van der Waals surface area contributed by atoms with Gasteiger partial charge < -0.3 is 4.57 Å². The van der Waals surface area contributed by atoms with Crippen molar-refractivity contribution in [1.29, 1.82) is 0 Å². The Kier molecular flexibility index (Phi) is 4.72. The smallest absolute Gasteiger partial charge is 0.307 e. The van der Waals surface area contributed by atoms with Gasteiger partial charge in [-0.2, -0.15) is 5.10 Å². The maximum Gasteiger partial charge on any atom is 0.332 e. The number of carbonyl (C=O) groups is 1. The molecule has 0 spiro atoms. The molecular formula is C16H15ClN6O3. The Balaban J connectivity index is 1.81. The van der Waals surface area contributed by atoms with Crippen LogP contribution >= 0.6 is 11.6 Å². The minimum Gasteiger partial charge on any atom is -0.307 e. The summed E-state index contributed by atoms with van der Waals surface area (Å²) in [6, 6.07) is 7.06. The summed E-state index contributed by atoms with van der Waals surface area (Å²) in [5.41, 5.74) is 2.40. The van der Waals surface area contributed by atoms with E-state index in [4.69, 9.17) is 11.6 Å². The standard InChI is InChI=1S/C16H15ClN6O3/c1-21-14-13(15(25)22(2)16(21)26)18-9-23(14)8-12(24)20-19-7-10-5-3-4-6-11(10)17/h3-7,9H,8H2,1-2H3,(H,20,24). The molecule has 3 rings (SSSR count). The lowest BCUT2D eigenvalue weighted by Gasteiger charge is -2.07. The number of hydrogen-bond acceptors (Lipinski definition) is 5. The molecular weight excluding hydrogens is 360 g/mol. The molecule has 1 amide bonds. The Morgan fingerprint density at radius 2 is 2.00 bits per heavy atom. The zero-order valence-corrected chi connectivity index (χ0v) is 14.8. The summed E-state index contributed by atoms with van der Waals surface area (Å²) in [6.45, 7) is -0.156. The number of nitrogens with zero attached hydrogens (tertiary/aromatic N) is 5. The van der Waals surface area contributed by atoms with E-state index in [1.807, 2.05) is 0 Å². The number of fused-ring (bicyclic) bond motifs is 1. The predicted octanol–water partition coefficient (Wildman–Crippen LogP) is 0.237. The Labute approximate surface area is 152 Å². The van der Waals surface area contributed by atoms with Crippen LogP contribution in [0.1, 0.15) is 5.56 Å². The Morgan fingerprint density at radius 1 is 1.27 bits per heavy atom. The number of aromatic nitrogens is 4. The molecule has 10 heteroatoms. The number of rotatable bonds is 4. The molecule has 9 nitrogen and oxygen atoms in total. The fourth-order valence-corrected chi connectivity index (χ4v) is 2.68. The van der Waals surface area contributed by atoms with Gasteiger partial charge in [0.1, 0.15) is 12.2 Å². The number of carbonyl (C=O) groups excluding carboxylic acids is 1. The first-order valence-corrected chi connectivity index (χ1v) is 7.95. The monoisotopic (exact) mass is 374 g/mol. The fraction of sp³-hybridized carbons (Fsp3) is 0.188. The van der Waals surface area contributed by atoms with Crippen molar-refractivity contribution in [3.05, 3.63) is 62.0 Å². The molecule has 0 saturated heterocycles. The number of nitrogens with one attached hydrogen (secondary N) is 1. The van der Waals surface area contributed by atoms with Gasteiger partial charge in [-0.3, -0.25) is 18.7 Å². The van der Waals surface area contributed by atoms with Crippen molar-refractivity contribution in [2.75, 3.05) is 0 Å². The Bertz CT molecular complexity index is 1140. The van der Waals surface area contributed by atoms with Crippen molar-refractivity contribution in [2.24, 2.45) is 19.2 Å². The molecule has 2 heterocycles. The van der Waals surface area contributed by atoms with Crippen molar-refractivity contribution in [3.8, 4) is 0 Å². The molecule has 26 heavy (non-hydrogen) atoms. The van der Waals surface area contributed by atoms with Gasteiger partial charge in [-0.05, 0) is 6.07 Å². The lowest BCUT2D eigenvalue weighted by atomic mass is 10.2. The molecule has 0 radical (unpaired) electrons. The van der Waals surface area contributed by atoms with Crippen LogP contribution in [0.3, 0.4) is 0 Å². The van der Waals surface area contributed by atoms with Gasteiger partial charge in [0.15, 0.2) is 5.52 Å². The number of hydrazone groups is 1. The molecule has 0 aliphatic heterocycles. The molecule has 0 aliphatic carbocycles. The summed E-state index contributed by atoms with van der Waals surface area (Å²) in [6.07, 6.45) is 2.76. The van der Waals surface area contributed by atoms with Gasteiger partial charge in [-0.15, -0.1) is 0 Å². The zero-order valence-electron chi connectivity index (χ0n) is 14.0. The Hall–Kier alpha value is -3.20. The van der Waals surface area contributed by atoms with Crippen LogP contribution in [-0.2, 0) is 25.4 Å². The lowest BCUT2D eigenvalue weighted by Crippen LogP contribution is -2.37. The van der Waals surface area contributed by atoms with Crippen molar-refractivity contribution >= 4 is 34.9 Å². The molecule has 0 aliphatic rings. The molecule has 1 N–H and O–H groups in total. The molecule has 0 unspecified atom stereocenters. The maximum atomic E-state index is 12.1. The minimum absolute atomic E-state index is 0.113. The molecule has 3 aromatic rings. The van der Waals surface area contributed by atoms with Gasteiger partial charge in [0.2, 0.25) is 0 Å². The molecule has 0 atom stereocenters. The number of imidazole rings is 1. The van der Waals surface area contributed by atoms with Crippen LogP contribution in [0, 0.1) is 0 Å². The van der Waals surface area contributed by atoms with Crippen LogP contribution in [0.5, 0.6) is 0 Å². The SMILES string of the molecule is Cn1c(=O)c2ncn(CC(=O)NN=Cc3ccccc3Cl)c2n(C)c1=O. The number of amides is 1. The highest BCUT2D eigenvalue weighted by atomic mass is 35.5. The van der Waals surface area contributed by atoms with E-state index in [1.54, 1.807) is 24.3 Å². The first kappa shape index (κ1) is 17.6. The van der Waals surface area contributed by atoms with E-state index in [0.717, 1.165) is 4.57 Å². The van der Waals surface area contributed by atoms with Crippen LogP contribution in [0.2, 0.25) is 5.02 Å². The molecule has 2 aromatic heterocycles. The van der Waals surface area contributed by atoms with Crippen LogP contribution in [0.4, 0.5) is 0 Å². The molecule has 0 fully saturated rings. The second-order valence-electron chi connectivity index (χ2n) is 5.57. The highest BCUT2D eigenvalue weighted by Gasteiger charge is 2.15. The topological polar surface area (TPSA) is 103 Å². The summed E-state index contributed by atoms with van der Waals surface area (Å²) >= 11 is 6.00. The quantitative estimate of drug-likeness (QED) is 0.521. The summed E-state index contributed by atoms with van der Waals surface area (Å²) in [5.74, 6) is -0.444. The molecule has 134 valence electrons. The minimum atomic E-state index is -0.515. The van der Waals surface area contributed by atoms with Gasteiger partial charge in [0.05, 0.1) is 12.5 Å². The number of hydrogen-bond donors (Lipinski definition) is 1. The second kappa shape index (κ2) is 6.96. The third kappa shape index (κ3) is 3.16. The highest BCUT2D eigenvalue weighted by molar-refractivity contribution is 6.33. The van der Waals surface area contributed by atoms with Crippen molar-refractivity contribution in [1.82, 2.24) is 24.1 Å². The third-order valence-corrected chi connectivity index (χ3v) is 4.17. The molecule has 0 bridgehead atoms. The van der Waals surface area contributed by atoms with E-state index >= 15 is 0 Å². The van der Waals surface area contributed by atoms with Crippen molar-refractivity contribution in [2.45, 2.75) is 6.54 Å². The first-order chi connectivity index (χ1) is 12.4. The molecule has 1 aromatic carbocycles. The average molecular weight is 375 g/mol. The maximum absolute atomic E-state index is 12.1. The summed E-state index contributed by atoms with van der Waals surface area (Å²) in [4.78, 5) is 40.3. The van der Waals surface area contributed by atoms with E-state index in [9.17, 15) is 14.4 Å². The summed E-state index contributed by atoms with van der Waals surface area (Å²) < 4.78 is 3.65. The van der Waals surface area contributed by atoms with Gasteiger partial charge >= 0.3 is 5.69 Å². The highest BCUT2D eigenvalue weighted by Crippen LogP contribution is 2.12. The number of aryl methyl sites for hydroxylation is 1. The van der Waals surface area contributed by atoms with Crippen molar-refractivity contribution < 1.29 is 4.79 Å².